The minimum absolute atomic E-state index is 0.0629. The smallest absolute Gasteiger partial charge is 0.262 e. The van der Waals surface area contributed by atoms with Crippen molar-refractivity contribution < 1.29 is 9.21 Å². The van der Waals surface area contributed by atoms with Crippen molar-refractivity contribution in [2.45, 2.75) is 6.54 Å². The van der Waals surface area contributed by atoms with Gasteiger partial charge in [0.25, 0.3) is 5.91 Å². The summed E-state index contributed by atoms with van der Waals surface area (Å²) in [5, 5.41) is 14.0. The average molecular weight is 302 g/mol. The highest BCUT2D eigenvalue weighted by Crippen LogP contribution is 2.20. The van der Waals surface area contributed by atoms with Crippen molar-refractivity contribution in [2.75, 3.05) is 0 Å². The SMILES string of the molecule is N#C/C(=C/c1cccc2ccccc12)C(=O)NCc1ccco1. The number of amides is 1. The fraction of sp³-hybridized carbons (Fsp3) is 0.0526. The highest BCUT2D eigenvalue weighted by Gasteiger charge is 2.10. The van der Waals surface area contributed by atoms with E-state index in [0.717, 1.165) is 16.3 Å². The van der Waals surface area contributed by atoms with E-state index in [9.17, 15) is 10.1 Å². The van der Waals surface area contributed by atoms with Crippen molar-refractivity contribution in [3.8, 4) is 6.07 Å². The molecule has 0 aliphatic carbocycles. The highest BCUT2D eigenvalue weighted by molar-refractivity contribution is 6.04. The minimum atomic E-state index is -0.420. The highest BCUT2D eigenvalue weighted by atomic mass is 16.3. The van der Waals surface area contributed by atoms with Crippen molar-refractivity contribution in [1.29, 1.82) is 5.26 Å². The van der Waals surface area contributed by atoms with Crippen LogP contribution in [-0.4, -0.2) is 5.91 Å². The van der Waals surface area contributed by atoms with Gasteiger partial charge >= 0.3 is 0 Å². The number of nitriles is 1. The van der Waals surface area contributed by atoms with Gasteiger partial charge < -0.3 is 9.73 Å². The molecule has 1 amide bonds. The van der Waals surface area contributed by atoms with E-state index in [-0.39, 0.29) is 12.1 Å². The average Bonchev–Trinajstić information content (AvgIpc) is 3.11. The molecule has 2 aromatic carbocycles. The molecule has 0 fully saturated rings. The van der Waals surface area contributed by atoms with Gasteiger partial charge in [-0.1, -0.05) is 42.5 Å². The van der Waals surface area contributed by atoms with Crippen LogP contribution in [0.1, 0.15) is 11.3 Å². The van der Waals surface area contributed by atoms with Gasteiger partial charge in [-0.2, -0.15) is 5.26 Å². The molecular formula is C19H14N2O2. The first-order valence-electron chi connectivity index (χ1n) is 7.18. The molecule has 4 nitrogen and oxygen atoms in total. The maximum Gasteiger partial charge on any atom is 0.262 e. The lowest BCUT2D eigenvalue weighted by Gasteiger charge is -2.04. The van der Waals surface area contributed by atoms with Crippen LogP contribution in [0.5, 0.6) is 0 Å². The predicted octanol–water partition coefficient (Wildman–Crippen LogP) is 3.66. The quantitative estimate of drug-likeness (QED) is 0.591. The number of carbonyl (C=O) groups excluding carboxylic acids is 1. The summed E-state index contributed by atoms with van der Waals surface area (Å²) < 4.78 is 5.16. The van der Waals surface area contributed by atoms with Crippen LogP contribution in [0, 0.1) is 11.3 Å². The van der Waals surface area contributed by atoms with E-state index in [4.69, 9.17) is 4.42 Å². The van der Waals surface area contributed by atoms with Gasteiger partial charge in [0.15, 0.2) is 0 Å². The molecule has 23 heavy (non-hydrogen) atoms. The summed E-state index contributed by atoms with van der Waals surface area (Å²) in [5.41, 5.74) is 0.903. The van der Waals surface area contributed by atoms with Crippen LogP contribution in [0.3, 0.4) is 0 Å². The Kier molecular flexibility index (Phi) is 4.21. The summed E-state index contributed by atoms with van der Waals surface area (Å²) in [4.78, 5) is 12.2. The van der Waals surface area contributed by atoms with Crippen LogP contribution in [0.4, 0.5) is 0 Å². The van der Waals surface area contributed by atoms with E-state index in [2.05, 4.69) is 5.32 Å². The number of fused-ring (bicyclic) bond motifs is 1. The second kappa shape index (κ2) is 6.63. The van der Waals surface area contributed by atoms with Crippen LogP contribution in [-0.2, 0) is 11.3 Å². The van der Waals surface area contributed by atoms with Gasteiger partial charge in [0.2, 0.25) is 0 Å². The summed E-state index contributed by atoms with van der Waals surface area (Å²) in [5.74, 6) is 0.220. The second-order valence-corrected chi connectivity index (χ2v) is 5.00. The zero-order chi connectivity index (χ0) is 16.1. The Morgan fingerprint density at radius 1 is 1.13 bits per heavy atom. The molecule has 0 aliphatic heterocycles. The third kappa shape index (κ3) is 3.30. The monoisotopic (exact) mass is 302 g/mol. The van der Waals surface area contributed by atoms with Gasteiger partial charge in [0.05, 0.1) is 12.8 Å². The Morgan fingerprint density at radius 3 is 2.74 bits per heavy atom. The van der Waals surface area contributed by atoms with Gasteiger partial charge in [-0.05, 0) is 34.5 Å². The first kappa shape index (κ1) is 14.6. The zero-order valence-corrected chi connectivity index (χ0v) is 12.3. The normalized spacial score (nSPS) is 11.2. The van der Waals surface area contributed by atoms with Crippen LogP contribution in [0.2, 0.25) is 0 Å². The van der Waals surface area contributed by atoms with E-state index in [1.807, 2.05) is 48.5 Å². The van der Waals surface area contributed by atoms with Crippen LogP contribution in [0.15, 0.2) is 70.9 Å². The van der Waals surface area contributed by atoms with Crippen LogP contribution >= 0.6 is 0 Å². The first-order valence-corrected chi connectivity index (χ1v) is 7.18. The summed E-state index contributed by atoms with van der Waals surface area (Å²) in [6.45, 7) is 0.250. The van der Waals surface area contributed by atoms with Crippen LogP contribution < -0.4 is 5.32 Å². The van der Waals surface area contributed by atoms with Gasteiger partial charge in [-0.25, -0.2) is 0 Å². The molecule has 1 heterocycles. The van der Waals surface area contributed by atoms with Crippen molar-refractivity contribution >= 4 is 22.8 Å². The lowest BCUT2D eigenvalue weighted by atomic mass is 10.0. The van der Waals surface area contributed by atoms with Crippen LogP contribution in [0.25, 0.3) is 16.8 Å². The van der Waals surface area contributed by atoms with Crippen molar-refractivity contribution in [3.05, 3.63) is 77.8 Å². The Labute approximate surface area is 133 Å². The van der Waals surface area contributed by atoms with E-state index in [0.29, 0.717) is 5.76 Å². The number of rotatable bonds is 4. The third-order valence-electron chi connectivity index (χ3n) is 3.49. The molecule has 0 spiro atoms. The second-order valence-electron chi connectivity index (χ2n) is 5.00. The predicted molar refractivity (Wildman–Crippen MR) is 88.1 cm³/mol. The van der Waals surface area contributed by atoms with Gasteiger partial charge in [-0.15, -0.1) is 0 Å². The number of hydrogen-bond acceptors (Lipinski definition) is 3. The number of benzene rings is 2. The lowest BCUT2D eigenvalue weighted by Crippen LogP contribution is -2.23. The van der Waals surface area contributed by atoms with Crippen molar-refractivity contribution in [2.24, 2.45) is 0 Å². The molecule has 0 aliphatic rings. The molecular weight excluding hydrogens is 288 g/mol. The molecule has 3 rings (SSSR count). The van der Waals surface area contributed by atoms with Crippen molar-refractivity contribution in [1.82, 2.24) is 5.32 Å². The molecule has 112 valence electrons. The summed E-state index contributed by atoms with van der Waals surface area (Å²) >= 11 is 0. The molecule has 0 saturated heterocycles. The van der Waals surface area contributed by atoms with Gasteiger partial charge in [0.1, 0.15) is 17.4 Å². The Bertz CT molecular complexity index is 897. The molecule has 0 saturated carbocycles. The summed E-state index contributed by atoms with van der Waals surface area (Å²) in [6, 6.07) is 19.1. The van der Waals surface area contributed by atoms with Crippen molar-refractivity contribution in [3.63, 3.8) is 0 Å². The number of nitrogens with zero attached hydrogens (tertiary/aromatic N) is 1. The molecule has 0 radical (unpaired) electrons. The third-order valence-corrected chi connectivity index (χ3v) is 3.49. The number of carbonyl (C=O) groups is 1. The van der Waals surface area contributed by atoms with Gasteiger partial charge in [-0.3, -0.25) is 4.79 Å². The number of nitrogens with one attached hydrogen (secondary N) is 1. The standard InChI is InChI=1S/C19H14N2O2/c20-12-16(19(22)21-13-17-8-4-10-23-17)11-15-7-3-6-14-5-1-2-9-18(14)15/h1-11H,13H2,(H,21,22)/b16-11-. The lowest BCUT2D eigenvalue weighted by molar-refractivity contribution is -0.117. The fourth-order valence-corrected chi connectivity index (χ4v) is 2.36. The zero-order valence-electron chi connectivity index (χ0n) is 12.3. The first-order chi connectivity index (χ1) is 11.3. The number of hydrogen-bond donors (Lipinski definition) is 1. The summed E-state index contributed by atoms with van der Waals surface area (Å²) in [6.07, 6.45) is 3.15. The molecule has 1 N–H and O–H groups in total. The van der Waals surface area contributed by atoms with Gasteiger partial charge in [0, 0.05) is 0 Å². The molecule has 4 heteroatoms. The summed E-state index contributed by atoms with van der Waals surface area (Å²) in [7, 11) is 0. The van der Waals surface area contributed by atoms with E-state index in [1.165, 1.54) is 0 Å². The fourth-order valence-electron chi connectivity index (χ4n) is 2.36. The number of furan rings is 1. The molecule has 0 atom stereocenters. The Hall–Kier alpha value is -3.32. The molecule has 0 bridgehead atoms. The molecule has 0 unspecified atom stereocenters. The molecule has 3 aromatic rings. The maximum atomic E-state index is 12.2. The van der Waals surface area contributed by atoms with E-state index < -0.39 is 5.91 Å². The largest absolute Gasteiger partial charge is 0.467 e. The topological polar surface area (TPSA) is 66.0 Å². The van der Waals surface area contributed by atoms with E-state index >= 15 is 0 Å². The Balaban J connectivity index is 1.85. The van der Waals surface area contributed by atoms with E-state index in [1.54, 1.807) is 24.5 Å². The Morgan fingerprint density at radius 2 is 1.96 bits per heavy atom. The maximum absolute atomic E-state index is 12.2. The molecule has 1 aromatic heterocycles. The minimum Gasteiger partial charge on any atom is -0.467 e.